The van der Waals surface area contributed by atoms with E-state index in [4.69, 9.17) is 10.6 Å². The van der Waals surface area contributed by atoms with Gasteiger partial charge >= 0.3 is 29.6 Å². The quantitative estimate of drug-likeness (QED) is 0.187. The Bertz CT molecular complexity index is 978. The fourth-order valence-corrected chi connectivity index (χ4v) is 6.65. The summed E-state index contributed by atoms with van der Waals surface area (Å²) in [6.07, 6.45) is 4.86. The minimum Gasteiger partial charge on any atom is -0.548 e. The summed E-state index contributed by atoms with van der Waals surface area (Å²) in [5.41, 5.74) is 5.47. The van der Waals surface area contributed by atoms with E-state index in [1.807, 2.05) is 6.92 Å². The number of anilines is 1. The van der Waals surface area contributed by atoms with E-state index in [2.05, 4.69) is 15.5 Å². The van der Waals surface area contributed by atoms with E-state index in [9.17, 15) is 19.5 Å². The van der Waals surface area contributed by atoms with Crippen molar-refractivity contribution in [3.8, 4) is 0 Å². The normalized spacial score (nSPS) is 27.7. The first-order valence-electron chi connectivity index (χ1n) is 10.5. The third-order valence-electron chi connectivity index (χ3n) is 6.20. The van der Waals surface area contributed by atoms with E-state index in [0.717, 1.165) is 32.1 Å². The first-order valence-corrected chi connectivity index (χ1v) is 12.3. The first-order chi connectivity index (χ1) is 15.0. The number of hydrogen-bond acceptors (Lipinski definition) is 10. The number of carboxylic acid groups (broad SMARTS) is 1. The summed E-state index contributed by atoms with van der Waals surface area (Å²) < 4.78 is -0.738. The number of nitrogens with zero attached hydrogens (tertiary/aromatic N) is 3. The molecule has 10 nitrogen and oxygen atoms in total. The fraction of sp³-hybridized carbons (Fsp3) is 0.650. The van der Waals surface area contributed by atoms with Crippen molar-refractivity contribution in [1.29, 1.82) is 0 Å². The van der Waals surface area contributed by atoms with Crippen molar-refractivity contribution >= 4 is 51.7 Å². The molecular formula is C20H26N5NaO5S2. The monoisotopic (exact) mass is 503 g/mol. The van der Waals surface area contributed by atoms with Gasteiger partial charge in [-0.1, -0.05) is 11.6 Å². The van der Waals surface area contributed by atoms with Crippen molar-refractivity contribution in [1.82, 2.24) is 15.2 Å². The molecule has 1 aromatic rings. The van der Waals surface area contributed by atoms with Crippen LogP contribution in [0.4, 0.5) is 5.13 Å². The van der Waals surface area contributed by atoms with Crippen LogP contribution in [0.25, 0.3) is 0 Å². The Labute approximate surface area is 222 Å². The maximum Gasteiger partial charge on any atom is 1.00 e. The van der Waals surface area contributed by atoms with Gasteiger partial charge < -0.3 is 30.7 Å². The van der Waals surface area contributed by atoms with Crippen LogP contribution in [0, 0.1) is 0 Å². The number of β-lactam (4-membered cyclic amide) rings is 1. The summed E-state index contributed by atoms with van der Waals surface area (Å²) >= 11 is 2.49. The third-order valence-corrected chi connectivity index (χ3v) is 8.44. The summed E-state index contributed by atoms with van der Waals surface area (Å²) in [7, 11) is 0. The molecule has 3 heterocycles. The van der Waals surface area contributed by atoms with Crippen LogP contribution in [0.15, 0.2) is 10.5 Å². The predicted octanol–water partition coefficient (Wildman–Crippen LogP) is -2.53. The first kappa shape index (κ1) is 26.3. The van der Waals surface area contributed by atoms with E-state index >= 15 is 0 Å². The van der Waals surface area contributed by atoms with Gasteiger partial charge in [0.2, 0.25) is 5.91 Å². The molecule has 0 radical (unpaired) electrons. The predicted molar refractivity (Wildman–Crippen MR) is 119 cm³/mol. The second kappa shape index (κ2) is 9.73. The average Bonchev–Trinajstić information content (AvgIpc) is 3.25. The van der Waals surface area contributed by atoms with Gasteiger partial charge in [-0.15, -0.1) is 23.1 Å². The molecule has 2 aliphatic heterocycles. The number of rotatable bonds is 6. The molecule has 2 saturated heterocycles. The molecule has 3 fully saturated rings. The number of aliphatic carboxylic acids is 1. The number of nitrogens with one attached hydrogen (secondary N) is 1. The maximum atomic E-state index is 13.1. The molecule has 0 aromatic carbocycles. The van der Waals surface area contributed by atoms with Crippen LogP contribution in [-0.2, 0) is 19.2 Å². The number of nitrogens with two attached hydrogens (primary N) is 1. The second-order valence-electron chi connectivity index (χ2n) is 9.14. The number of thiazole rings is 1. The van der Waals surface area contributed by atoms with Crippen molar-refractivity contribution < 1.29 is 53.9 Å². The van der Waals surface area contributed by atoms with Gasteiger partial charge in [0.15, 0.2) is 10.8 Å². The Morgan fingerprint density at radius 3 is 2.55 bits per heavy atom. The van der Waals surface area contributed by atoms with Gasteiger partial charge in [-0.25, -0.2) is 4.98 Å². The number of aromatic nitrogens is 1. The molecule has 0 unspecified atom stereocenters. The Balaban J connectivity index is 0.00000306. The van der Waals surface area contributed by atoms with Crippen molar-refractivity contribution in [2.75, 3.05) is 5.73 Å². The van der Waals surface area contributed by atoms with Crippen molar-refractivity contribution in [2.45, 2.75) is 80.7 Å². The van der Waals surface area contributed by atoms with Crippen molar-refractivity contribution in [3.63, 3.8) is 0 Å². The van der Waals surface area contributed by atoms with Crippen LogP contribution in [0.1, 0.15) is 58.6 Å². The zero-order valence-electron chi connectivity index (χ0n) is 19.1. The minimum absolute atomic E-state index is 0. The Hall–Kier alpha value is -1.34. The molecule has 1 aromatic heterocycles. The van der Waals surface area contributed by atoms with Crippen LogP contribution in [0.3, 0.4) is 0 Å². The van der Waals surface area contributed by atoms with Crippen LogP contribution in [0.5, 0.6) is 0 Å². The molecule has 1 saturated carbocycles. The zero-order valence-corrected chi connectivity index (χ0v) is 22.8. The molecule has 0 bridgehead atoms. The molecule has 4 rings (SSSR count). The summed E-state index contributed by atoms with van der Waals surface area (Å²) in [4.78, 5) is 48.7. The van der Waals surface area contributed by atoms with E-state index in [-0.39, 0.29) is 46.1 Å². The Kier molecular flexibility index (Phi) is 7.74. The van der Waals surface area contributed by atoms with Crippen LogP contribution >= 0.6 is 23.1 Å². The van der Waals surface area contributed by atoms with Crippen LogP contribution in [0.2, 0.25) is 0 Å². The van der Waals surface area contributed by atoms with E-state index < -0.39 is 45.6 Å². The molecule has 3 aliphatic rings. The summed E-state index contributed by atoms with van der Waals surface area (Å²) in [6, 6.07) is -1.93. The van der Waals surface area contributed by atoms with Gasteiger partial charge in [0.25, 0.3) is 5.91 Å². The molecule has 3 atom stereocenters. The summed E-state index contributed by atoms with van der Waals surface area (Å²) in [5, 5.41) is 19.8. The molecule has 2 amide bonds. The molecule has 0 spiro atoms. The number of fused-ring (bicyclic) bond motifs is 1. The van der Waals surface area contributed by atoms with Crippen molar-refractivity contribution in [3.05, 3.63) is 11.1 Å². The maximum absolute atomic E-state index is 13.1. The van der Waals surface area contributed by atoms with Gasteiger partial charge in [-0.2, -0.15) is 0 Å². The molecular weight excluding hydrogens is 477 g/mol. The topological polar surface area (TPSA) is 150 Å². The van der Waals surface area contributed by atoms with Gasteiger partial charge in [0.1, 0.15) is 22.7 Å². The summed E-state index contributed by atoms with van der Waals surface area (Å²) in [6.45, 7) is 5.45. The Morgan fingerprint density at radius 2 is 1.97 bits per heavy atom. The number of hydrogen-bond donors (Lipinski definition) is 2. The number of carbonyl (C=O) groups is 3. The number of amides is 2. The molecule has 13 heteroatoms. The minimum atomic E-state index is -1.31. The van der Waals surface area contributed by atoms with E-state index in [1.54, 1.807) is 19.2 Å². The molecule has 1 aliphatic carbocycles. The number of carboxylic acids is 1. The van der Waals surface area contributed by atoms with E-state index in [0.29, 0.717) is 0 Å². The van der Waals surface area contributed by atoms with Gasteiger partial charge in [-0.3, -0.25) is 9.59 Å². The van der Waals surface area contributed by atoms with Gasteiger partial charge in [0, 0.05) is 10.1 Å². The number of thioether (sulfide) groups is 1. The number of oxime groups is 1. The largest absolute Gasteiger partial charge is 1.00 e. The average molecular weight is 504 g/mol. The molecule has 3 N–H and O–H groups in total. The molecule has 174 valence electrons. The zero-order chi connectivity index (χ0) is 23.3. The van der Waals surface area contributed by atoms with Crippen molar-refractivity contribution in [2.24, 2.45) is 5.16 Å². The molecule has 33 heavy (non-hydrogen) atoms. The number of carbonyl (C=O) groups excluding carboxylic acids is 3. The fourth-order valence-electron chi connectivity index (χ4n) is 4.48. The number of nitrogen functional groups attached to an aromatic ring is 1. The Morgan fingerprint density at radius 1 is 1.30 bits per heavy atom. The SMILES string of the molecule is CC1(O/N=C(\C(=O)N[C@H]2C(=O)N3[C@@H]2SC(C)(C)[C@@H]3C(=O)[O-])c2csc(N)n2)CCCCC1.[Na+]. The standard InChI is InChI=1S/C20H27N5O5S2.Na/c1-19(2)13(17(28)29)25-15(27)12(16(25)32-19)23-14(26)11(10-9-31-18(21)22-10)24-30-20(3)7-5-4-6-8-20;/h9,12-13,16H,4-8H2,1-3H3,(H2,21,22)(H,23,26)(H,28,29);/q;+1/p-1/b24-11-;/t12-,13-,16+;/m0./s1. The van der Waals surface area contributed by atoms with Gasteiger partial charge in [-0.05, 0) is 46.5 Å². The van der Waals surface area contributed by atoms with Gasteiger partial charge in [0.05, 0.1) is 12.0 Å². The second-order valence-corrected chi connectivity index (χ2v) is 11.8. The van der Waals surface area contributed by atoms with E-state index in [1.165, 1.54) is 28.0 Å². The third kappa shape index (κ3) is 5.04. The van der Waals surface area contributed by atoms with Crippen LogP contribution in [-0.4, -0.2) is 61.2 Å². The van der Waals surface area contributed by atoms with Crippen LogP contribution < -0.4 is 45.7 Å². The smallest absolute Gasteiger partial charge is 0.548 e. The summed E-state index contributed by atoms with van der Waals surface area (Å²) in [5.74, 6) is -2.40.